The van der Waals surface area contributed by atoms with Crippen molar-refractivity contribution in [3.8, 4) is 5.75 Å². The highest BCUT2D eigenvalue weighted by Crippen LogP contribution is 2.26. The van der Waals surface area contributed by atoms with Gasteiger partial charge >= 0.3 is 0 Å². The summed E-state index contributed by atoms with van der Waals surface area (Å²) in [5.74, 6) is 2.26. The molecule has 2 aromatic rings. The standard InChI is InChI=1S/C20H26N2O/c1-23-20-10-6-5-9-18(20)14-21-12-16-11-19(15-22-13-16)17-7-3-2-4-8-17/h2-10,16,19,21-22H,11-15H2,1H3/t16-,19-/m0/s1. The van der Waals surface area contributed by atoms with Crippen LogP contribution < -0.4 is 15.4 Å². The van der Waals surface area contributed by atoms with Crippen LogP contribution in [0.2, 0.25) is 0 Å². The van der Waals surface area contributed by atoms with Gasteiger partial charge in [-0.2, -0.15) is 0 Å². The summed E-state index contributed by atoms with van der Waals surface area (Å²) in [4.78, 5) is 0. The number of piperidine rings is 1. The third kappa shape index (κ3) is 4.34. The van der Waals surface area contributed by atoms with Crippen molar-refractivity contribution in [1.29, 1.82) is 0 Å². The lowest BCUT2D eigenvalue weighted by molar-refractivity contribution is 0.327. The predicted octanol–water partition coefficient (Wildman–Crippen LogP) is 3.18. The van der Waals surface area contributed by atoms with E-state index in [1.807, 2.05) is 12.1 Å². The van der Waals surface area contributed by atoms with Gasteiger partial charge in [-0.25, -0.2) is 0 Å². The summed E-state index contributed by atoms with van der Waals surface area (Å²) in [6, 6.07) is 19.1. The average Bonchev–Trinajstić information content (AvgIpc) is 2.63. The van der Waals surface area contributed by atoms with Gasteiger partial charge in [0.25, 0.3) is 0 Å². The Balaban J connectivity index is 1.50. The Labute approximate surface area is 139 Å². The molecule has 3 rings (SSSR count). The molecule has 1 aliphatic rings. The molecule has 23 heavy (non-hydrogen) atoms. The summed E-state index contributed by atoms with van der Waals surface area (Å²) in [5, 5.41) is 7.19. The van der Waals surface area contributed by atoms with Crippen molar-refractivity contribution in [1.82, 2.24) is 10.6 Å². The van der Waals surface area contributed by atoms with E-state index in [9.17, 15) is 0 Å². The molecule has 3 heteroatoms. The Hall–Kier alpha value is -1.84. The van der Waals surface area contributed by atoms with Gasteiger partial charge in [-0.05, 0) is 43.0 Å². The molecule has 0 spiro atoms. The first-order valence-electron chi connectivity index (χ1n) is 8.45. The highest BCUT2D eigenvalue weighted by Gasteiger charge is 2.22. The molecule has 3 nitrogen and oxygen atoms in total. The van der Waals surface area contributed by atoms with Gasteiger partial charge in [0, 0.05) is 18.7 Å². The van der Waals surface area contributed by atoms with Crippen molar-refractivity contribution in [2.45, 2.75) is 18.9 Å². The van der Waals surface area contributed by atoms with Crippen LogP contribution in [-0.2, 0) is 6.54 Å². The van der Waals surface area contributed by atoms with Crippen molar-refractivity contribution in [2.24, 2.45) is 5.92 Å². The van der Waals surface area contributed by atoms with Crippen LogP contribution in [0.4, 0.5) is 0 Å². The van der Waals surface area contributed by atoms with E-state index in [0.29, 0.717) is 11.8 Å². The van der Waals surface area contributed by atoms with Crippen molar-refractivity contribution >= 4 is 0 Å². The number of rotatable bonds is 6. The van der Waals surface area contributed by atoms with Crippen LogP contribution in [-0.4, -0.2) is 26.7 Å². The number of hydrogen-bond donors (Lipinski definition) is 2. The highest BCUT2D eigenvalue weighted by atomic mass is 16.5. The Bertz CT molecular complexity index is 600. The minimum Gasteiger partial charge on any atom is -0.496 e. The van der Waals surface area contributed by atoms with E-state index < -0.39 is 0 Å². The maximum atomic E-state index is 5.41. The monoisotopic (exact) mass is 310 g/mol. The van der Waals surface area contributed by atoms with Crippen molar-refractivity contribution in [3.63, 3.8) is 0 Å². The van der Waals surface area contributed by atoms with Crippen LogP contribution >= 0.6 is 0 Å². The zero-order valence-electron chi connectivity index (χ0n) is 13.8. The van der Waals surface area contributed by atoms with Gasteiger partial charge in [-0.1, -0.05) is 48.5 Å². The van der Waals surface area contributed by atoms with Crippen molar-refractivity contribution in [3.05, 3.63) is 65.7 Å². The molecule has 1 heterocycles. The number of ether oxygens (including phenoxy) is 1. The molecule has 122 valence electrons. The molecule has 0 aromatic heterocycles. The number of para-hydroxylation sites is 1. The average molecular weight is 310 g/mol. The molecule has 0 bridgehead atoms. The predicted molar refractivity (Wildman–Crippen MR) is 94.9 cm³/mol. The molecular weight excluding hydrogens is 284 g/mol. The summed E-state index contributed by atoms with van der Waals surface area (Å²) in [5.41, 5.74) is 2.67. The molecule has 2 aromatic carbocycles. The minimum atomic E-state index is 0.628. The van der Waals surface area contributed by atoms with E-state index in [2.05, 4.69) is 53.1 Å². The molecule has 0 radical (unpaired) electrons. The molecule has 0 saturated carbocycles. The van der Waals surface area contributed by atoms with Gasteiger partial charge in [0.1, 0.15) is 5.75 Å². The first kappa shape index (κ1) is 16.0. The van der Waals surface area contributed by atoms with Crippen LogP contribution in [0.25, 0.3) is 0 Å². The van der Waals surface area contributed by atoms with Crippen molar-refractivity contribution in [2.75, 3.05) is 26.7 Å². The Kier molecular flexibility index (Phi) is 5.67. The maximum absolute atomic E-state index is 5.41. The first-order chi connectivity index (χ1) is 11.4. The van der Waals surface area contributed by atoms with Crippen LogP contribution in [0.1, 0.15) is 23.5 Å². The molecule has 1 saturated heterocycles. The van der Waals surface area contributed by atoms with Crippen molar-refractivity contribution < 1.29 is 4.74 Å². The van der Waals surface area contributed by atoms with Gasteiger partial charge in [-0.3, -0.25) is 0 Å². The molecular formula is C20H26N2O. The van der Waals surface area contributed by atoms with Crippen LogP contribution in [0.15, 0.2) is 54.6 Å². The fourth-order valence-corrected chi connectivity index (χ4v) is 3.43. The van der Waals surface area contributed by atoms with Gasteiger partial charge in [-0.15, -0.1) is 0 Å². The third-order valence-electron chi connectivity index (χ3n) is 4.65. The van der Waals surface area contributed by atoms with Gasteiger partial charge in [0.15, 0.2) is 0 Å². The summed E-state index contributed by atoms with van der Waals surface area (Å²) in [7, 11) is 1.73. The fraction of sp³-hybridized carbons (Fsp3) is 0.400. The van der Waals surface area contributed by atoms with E-state index in [1.54, 1.807) is 7.11 Å². The third-order valence-corrected chi connectivity index (χ3v) is 4.65. The highest BCUT2D eigenvalue weighted by molar-refractivity contribution is 5.33. The molecule has 1 fully saturated rings. The van der Waals surface area contributed by atoms with Crippen LogP contribution in [0.3, 0.4) is 0 Å². The van der Waals surface area contributed by atoms with E-state index in [0.717, 1.165) is 31.9 Å². The Morgan fingerprint density at radius 1 is 1.04 bits per heavy atom. The Morgan fingerprint density at radius 2 is 1.83 bits per heavy atom. The van der Waals surface area contributed by atoms with E-state index >= 15 is 0 Å². The van der Waals surface area contributed by atoms with Gasteiger partial charge in [0.2, 0.25) is 0 Å². The minimum absolute atomic E-state index is 0.628. The first-order valence-corrected chi connectivity index (χ1v) is 8.45. The molecule has 2 atom stereocenters. The second-order valence-electron chi connectivity index (χ2n) is 6.31. The largest absolute Gasteiger partial charge is 0.496 e. The zero-order valence-corrected chi connectivity index (χ0v) is 13.8. The zero-order chi connectivity index (χ0) is 15.9. The lowest BCUT2D eigenvalue weighted by Gasteiger charge is -2.30. The van der Waals surface area contributed by atoms with Gasteiger partial charge in [0.05, 0.1) is 7.11 Å². The lowest BCUT2D eigenvalue weighted by atomic mass is 9.85. The summed E-state index contributed by atoms with van der Waals surface area (Å²) in [6.07, 6.45) is 1.25. The number of hydrogen-bond acceptors (Lipinski definition) is 3. The van der Waals surface area contributed by atoms with E-state index in [-0.39, 0.29) is 0 Å². The molecule has 0 unspecified atom stereocenters. The maximum Gasteiger partial charge on any atom is 0.123 e. The number of nitrogens with one attached hydrogen (secondary N) is 2. The second kappa shape index (κ2) is 8.14. The van der Waals surface area contributed by atoms with Crippen LogP contribution in [0, 0.1) is 5.92 Å². The number of benzene rings is 2. The van der Waals surface area contributed by atoms with E-state index in [4.69, 9.17) is 4.74 Å². The lowest BCUT2D eigenvalue weighted by Crippen LogP contribution is -2.39. The number of methoxy groups -OCH3 is 1. The quantitative estimate of drug-likeness (QED) is 0.860. The molecule has 0 amide bonds. The fourth-order valence-electron chi connectivity index (χ4n) is 3.43. The molecule has 2 N–H and O–H groups in total. The molecule has 1 aliphatic heterocycles. The normalized spacial score (nSPS) is 21.1. The second-order valence-corrected chi connectivity index (χ2v) is 6.31. The van der Waals surface area contributed by atoms with Crippen LogP contribution in [0.5, 0.6) is 5.75 Å². The topological polar surface area (TPSA) is 33.3 Å². The molecule has 0 aliphatic carbocycles. The summed E-state index contributed by atoms with van der Waals surface area (Å²) >= 11 is 0. The SMILES string of the molecule is COc1ccccc1CNC[C@H]1CNC[C@@H](c2ccccc2)C1. The van der Waals surface area contributed by atoms with E-state index in [1.165, 1.54) is 17.5 Å². The Morgan fingerprint density at radius 3 is 2.65 bits per heavy atom. The van der Waals surface area contributed by atoms with Gasteiger partial charge < -0.3 is 15.4 Å². The summed E-state index contributed by atoms with van der Waals surface area (Å²) in [6.45, 7) is 4.08. The summed E-state index contributed by atoms with van der Waals surface area (Å²) < 4.78 is 5.41. The smallest absolute Gasteiger partial charge is 0.123 e.